The number of nitrogens with one attached hydrogen (secondary N) is 1. The second-order valence-corrected chi connectivity index (χ2v) is 12.4. The number of carbonyl (C=O) groups is 2. The van der Waals surface area contributed by atoms with Gasteiger partial charge in [0.05, 0.1) is 16.6 Å². The molecule has 1 aromatic carbocycles. The van der Waals surface area contributed by atoms with Crippen LogP contribution in [0.2, 0.25) is 0 Å². The van der Waals surface area contributed by atoms with Crippen LogP contribution < -0.4 is 10.1 Å². The summed E-state index contributed by atoms with van der Waals surface area (Å²) < 4.78 is 6.54. The Hall–Kier alpha value is -2.67. The van der Waals surface area contributed by atoms with Crippen molar-refractivity contribution in [2.75, 3.05) is 11.9 Å². The lowest BCUT2D eigenvalue weighted by atomic mass is 9.96. The topological polar surface area (TPSA) is 82.4 Å². The number of benzene rings is 1. The summed E-state index contributed by atoms with van der Waals surface area (Å²) in [6.45, 7) is 0.203. The number of nitrogens with zero attached hydrogens (tertiary/aromatic N) is 2. The molecule has 192 valence electrons. The van der Waals surface area contributed by atoms with E-state index in [1.165, 1.54) is 52.1 Å². The highest BCUT2D eigenvalue weighted by Crippen LogP contribution is 2.38. The molecule has 1 saturated heterocycles. The van der Waals surface area contributed by atoms with Gasteiger partial charge >= 0.3 is 0 Å². The van der Waals surface area contributed by atoms with Crippen LogP contribution in [-0.2, 0) is 22.4 Å². The molecule has 2 heterocycles. The molecule has 5 rings (SSSR count). The number of thioether (sulfide) groups is 1. The number of thiocarbonyl (C=S) groups is 1. The minimum atomic E-state index is -0.221. The van der Waals surface area contributed by atoms with E-state index in [0.717, 1.165) is 55.4 Å². The van der Waals surface area contributed by atoms with Crippen LogP contribution in [0.3, 0.4) is 0 Å². The molecule has 3 aliphatic rings. The fourth-order valence-corrected chi connectivity index (χ4v) is 7.60. The molecule has 2 aliphatic carbocycles. The van der Waals surface area contributed by atoms with Gasteiger partial charge in [0.2, 0.25) is 5.91 Å². The van der Waals surface area contributed by atoms with Gasteiger partial charge in [-0.2, -0.15) is 5.26 Å². The number of anilines is 1. The van der Waals surface area contributed by atoms with Gasteiger partial charge in [-0.25, -0.2) is 0 Å². The number of hydrogen-bond acceptors (Lipinski definition) is 7. The number of fused-ring (bicyclic) bond motifs is 1. The minimum Gasteiger partial charge on any atom is -0.490 e. The molecular formula is C28H29N3O3S3. The van der Waals surface area contributed by atoms with E-state index in [0.29, 0.717) is 25.9 Å². The van der Waals surface area contributed by atoms with E-state index in [2.05, 4.69) is 11.4 Å². The van der Waals surface area contributed by atoms with Gasteiger partial charge in [0.25, 0.3) is 5.91 Å². The summed E-state index contributed by atoms with van der Waals surface area (Å²) in [5.41, 5.74) is 2.58. The van der Waals surface area contributed by atoms with E-state index in [1.807, 2.05) is 30.3 Å². The summed E-state index contributed by atoms with van der Waals surface area (Å²) in [5, 5.41) is 13.1. The van der Waals surface area contributed by atoms with Crippen molar-refractivity contribution in [2.24, 2.45) is 0 Å². The van der Waals surface area contributed by atoms with Crippen LogP contribution in [0.15, 0.2) is 29.2 Å². The Bertz CT molecular complexity index is 1270. The first kappa shape index (κ1) is 26.0. The van der Waals surface area contributed by atoms with Crippen LogP contribution in [0, 0.1) is 11.3 Å². The summed E-state index contributed by atoms with van der Waals surface area (Å²) in [6, 6.07) is 10.1. The zero-order chi connectivity index (χ0) is 25.8. The lowest BCUT2D eigenvalue weighted by molar-refractivity contribution is -0.122. The molecule has 37 heavy (non-hydrogen) atoms. The standard InChI is InChI=1S/C28H29N3O3S3/c29-17-22-21-8-4-5-9-23(21)36-26(22)30-25(32)14-15-31-27(33)24(37-28(31)35)16-18-10-12-20(13-11-18)34-19-6-2-1-3-7-19/h10-13,16,19H,1-9,14-15H2,(H,30,32)/b24-16-. The highest BCUT2D eigenvalue weighted by Gasteiger charge is 2.32. The van der Waals surface area contributed by atoms with Crippen molar-refractivity contribution < 1.29 is 14.3 Å². The van der Waals surface area contributed by atoms with Crippen LogP contribution in [0.25, 0.3) is 6.08 Å². The summed E-state index contributed by atoms with van der Waals surface area (Å²) >= 11 is 8.19. The second kappa shape index (κ2) is 11.8. The third kappa shape index (κ3) is 6.08. The number of aryl methyl sites for hydroxylation is 1. The van der Waals surface area contributed by atoms with E-state index in [-0.39, 0.29) is 24.8 Å². The first-order valence-electron chi connectivity index (χ1n) is 12.9. The van der Waals surface area contributed by atoms with Crippen molar-refractivity contribution in [3.05, 3.63) is 50.7 Å². The van der Waals surface area contributed by atoms with Crippen LogP contribution in [0.5, 0.6) is 5.75 Å². The highest BCUT2D eigenvalue weighted by molar-refractivity contribution is 8.26. The molecule has 1 aliphatic heterocycles. The quantitative estimate of drug-likeness (QED) is 0.315. The average molecular weight is 552 g/mol. The largest absolute Gasteiger partial charge is 0.490 e. The van der Waals surface area contributed by atoms with Gasteiger partial charge in [0, 0.05) is 17.8 Å². The molecule has 1 aromatic heterocycles. The van der Waals surface area contributed by atoms with Crippen molar-refractivity contribution in [1.29, 1.82) is 5.26 Å². The van der Waals surface area contributed by atoms with Gasteiger partial charge in [-0.3, -0.25) is 14.5 Å². The molecule has 2 amide bonds. The molecule has 6 nitrogen and oxygen atoms in total. The third-order valence-electron chi connectivity index (χ3n) is 7.00. The maximum absolute atomic E-state index is 13.0. The molecule has 0 radical (unpaired) electrons. The van der Waals surface area contributed by atoms with Crippen molar-refractivity contribution in [2.45, 2.75) is 70.3 Å². The normalized spacial score (nSPS) is 19.1. The van der Waals surface area contributed by atoms with Crippen LogP contribution >= 0.6 is 35.3 Å². The van der Waals surface area contributed by atoms with E-state index < -0.39 is 0 Å². The maximum atomic E-state index is 13.0. The number of thiophene rings is 1. The van der Waals surface area contributed by atoms with E-state index >= 15 is 0 Å². The predicted octanol–water partition coefficient (Wildman–Crippen LogP) is 6.44. The van der Waals surface area contributed by atoms with E-state index in [9.17, 15) is 14.9 Å². The summed E-state index contributed by atoms with van der Waals surface area (Å²) in [4.78, 5) is 28.9. The smallest absolute Gasteiger partial charge is 0.266 e. The lowest BCUT2D eigenvalue weighted by Crippen LogP contribution is -2.31. The monoisotopic (exact) mass is 551 g/mol. The molecule has 1 saturated carbocycles. The number of carbonyl (C=O) groups excluding carboxylic acids is 2. The van der Waals surface area contributed by atoms with Crippen molar-refractivity contribution in [1.82, 2.24) is 4.90 Å². The lowest BCUT2D eigenvalue weighted by Gasteiger charge is -2.22. The predicted molar refractivity (Wildman–Crippen MR) is 153 cm³/mol. The Morgan fingerprint density at radius 2 is 1.92 bits per heavy atom. The molecule has 0 atom stereocenters. The Morgan fingerprint density at radius 1 is 1.16 bits per heavy atom. The van der Waals surface area contributed by atoms with Gasteiger partial charge in [-0.1, -0.05) is 42.5 Å². The molecule has 1 N–H and O–H groups in total. The number of rotatable bonds is 7. The zero-order valence-electron chi connectivity index (χ0n) is 20.6. The van der Waals surface area contributed by atoms with Crippen LogP contribution in [0.1, 0.15) is 72.9 Å². The van der Waals surface area contributed by atoms with Crippen LogP contribution in [-0.4, -0.2) is 33.7 Å². The Kier molecular flexibility index (Phi) is 8.28. The fraction of sp³-hybridized carbons (Fsp3) is 0.429. The second-order valence-electron chi connectivity index (χ2n) is 9.61. The first-order valence-corrected chi connectivity index (χ1v) is 14.9. The molecule has 2 fully saturated rings. The van der Waals surface area contributed by atoms with Crippen LogP contribution in [0.4, 0.5) is 5.00 Å². The Morgan fingerprint density at radius 3 is 2.68 bits per heavy atom. The van der Waals surface area contributed by atoms with Gasteiger partial charge in [-0.15, -0.1) is 11.3 Å². The number of nitriles is 1. The number of ether oxygens (including phenoxy) is 1. The summed E-state index contributed by atoms with van der Waals surface area (Å²) in [5.74, 6) is 0.449. The average Bonchev–Trinajstić information content (AvgIpc) is 3.39. The first-order chi connectivity index (χ1) is 18.0. The molecule has 9 heteroatoms. The third-order valence-corrected chi connectivity index (χ3v) is 9.59. The van der Waals surface area contributed by atoms with Gasteiger partial charge in [0.15, 0.2) is 0 Å². The highest BCUT2D eigenvalue weighted by atomic mass is 32.2. The van der Waals surface area contributed by atoms with Crippen molar-refractivity contribution in [3.63, 3.8) is 0 Å². The zero-order valence-corrected chi connectivity index (χ0v) is 23.0. The molecular weight excluding hydrogens is 523 g/mol. The summed E-state index contributed by atoms with van der Waals surface area (Å²) in [7, 11) is 0. The van der Waals surface area contributed by atoms with E-state index in [4.69, 9.17) is 17.0 Å². The van der Waals surface area contributed by atoms with Crippen molar-refractivity contribution in [3.8, 4) is 11.8 Å². The van der Waals surface area contributed by atoms with E-state index in [1.54, 1.807) is 0 Å². The minimum absolute atomic E-state index is 0.111. The number of amides is 2. The Balaban J connectivity index is 1.17. The van der Waals surface area contributed by atoms with Gasteiger partial charge in [-0.05, 0) is 80.7 Å². The molecule has 2 aromatic rings. The maximum Gasteiger partial charge on any atom is 0.266 e. The summed E-state index contributed by atoms with van der Waals surface area (Å²) in [6.07, 6.45) is 12.2. The SMILES string of the molecule is N#Cc1c(NC(=O)CCN2C(=O)/C(=C/c3ccc(OC4CCCCC4)cc3)SC2=S)sc2c1CCCC2. The molecule has 0 bridgehead atoms. The van der Waals surface area contributed by atoms with Crippen molar-refractivity contribution >= 4 is 62.5 Å². The molecule has 0 unspecified atom stereocenters. The fourth-order valence-electron chi connectivity index (χ4n) is 5.04. The van der Waals surface area contributed by atoms with Gasteiger partial charge in [0.1, 0.15) is 21.1 Å². The number of hydrogen-bond donors (Lipinski definition) is 1. The Labute approximate surface area is 231 Å². The molecule has 0 spiro atoms. The van der Waals surface area contributed by atoms with Gasteiger partial charge < -0.3 is 10.1 Å².